The third-order valence-corrected chi connectivity index (χ3v) is 4.85. The minimum Gasteiger partial charge on any atom is -0.370 e. The molecule has 2 amide bonds. The van der Waals surface area contributed by atoms with E-state index in [1.54, 1.807) is 12.3 Å². The highest BCUT2D eigenvalue weighted by Crippen LogP contribution is 2.24. The largest absolute Gasteiger partial charge is 0.370 e. The third kappa shape index (κ3) is 3.69. The van der Waals surface area contributed by atoms with Gasteiger partial charge in [0.25, 0.3) is 5.91 Å². The second kappa shape index (κ2) is 7.22. The number of aromatic nitrogens is 2. The Balaban J connectivity index is 1.47. The van der Waals surface area contributed by atoms with E-state index in [-0.39, 0.29) is 18.4 Å². The molecule has 0 aromatic carbocycles. The van der Waals surface area contributed by atoms with Gasteiger partial charge in [-0.1, -0.05) is 0 Å². The van der Waals surface area contributed by atoms with Crippen LogP contribution in [0.5, 0.6) is 0 Å². The number of carbonyl (C=O) groups is 2. The molecule has 0 saturated carbocycles. The lowest BCUT2D eigenvalue weighted by Crippen LogP contribution is -2.35. The Bertz CT molecular complexity index is 884. The van der Waals surface area contributed by atoms with Crippen molar-refractivity contribution < 1.29 is 9.59 Å². The number of aryl methyl sites for hydroxylation is 1. The minimum atomic E-state index is -0.132. The Kier molecular flexibility index (Phi) is 4.62. The maximum atomic E-state index is 12.9. The standard InChI is InChI=1S/C19H22N6O2/c1-13-9-15(3-4-20-13)24-5-2-6-25(8-7-24)19(27)14-10-16-18(21-11-14)22-12-17(26)23-16/h3-4,9-11H,2,5-8,12H2,1H3,(H,21,22)(H,23,26). The maximum Gasteiger partial charge on any atom is 0.255 e. The molecule has 4 rings (SSSR count). The SMILES string of the molecule is Cc1cc(N2CCCN(C(=O)c3cnc4c(c3)NC(=O)CN4)CC2)ccn1. The van der Waals surface area contributed by atoms with Crippen molar-refractivity contribution in [2.45, 2.75) is 13.3 Å². The normalized spacial score (nSPS) is 16.9. The zero-order chi connectivity index (χ0) is 18.8. The number of hydrogen-bond donors (Lipinski definition) is 2. The van der Waals surface area contributed by atoms with E-state index in [4.69, 9.17) is 0 Å². The van der Waals surface area contributed by atoms with Crippen molar-refractivity contribution in [1.29, 1.82) is 0 Å². The van der Waals surface area contributed by atoms with Gasteiger partial charge in [0.05, 0.1) is 17.8 Å². The van der Waals surface area contributed by atoms with Gasteiger partial charge >= 0.3 is 0 Å². The Morgan fingerprint density at radius 1 is 1.15 bits per heavy atom. The number of amides is 2. The minimum absolute atomic E-state index is 0.0575. The fourth-order valence-corrected chi connectivity index (χ4v) is 3.46. The van der Waals surface area contributed by atoms with E-state index in [2.05, 4.69) is 31.6 Å². The van der Waals surface area contributed by atoms with Crippen LogP contribution in [-0.2, 0) is 4.79 Å². The van der Waals surface area contributed by atoms with Gasteiger partial charge in [0.15, 0.2) is 0 Å². The summed E-state index contributed by atoms with van der Waals surface area (Å²) in [5, 5.41) is 5.69. The van der Waals surface area contributed by atoms with Crippen LogP contribution in [0.1, 0.15) is 22.5 Å². The van der Waals surface area contributed by atoms with Gasteiger partial charge < -0.3 is 20.4 Å². The number of nitrogens with one attached hydrogen (secondary N) is 2. The molecule has 1 saturated heterocycles. The van der Waals surface area contributed by atoms with Gasteiger partial charge in [0.1, 0.15) is 5.82 Å². The quantitative estimate of drug-likeness (QED) is 0.837. The zero-order valence-corrected chi connectivity index (χ0v) is 15.2. The summed E-state index contributed by atoms with van der Waals surface area (Å²) in [4.78, 5) is 37.2. The van der Waals surface area contributed by atoms with Crippen LogP contribution in [0.15, 0.2) is 30.6 Å². The van der Waals surface area contributed by atoms with E-state index in [9.17, 15) is 9.59 Å². The zero-order valence-electron chi connectivity index (χ0n) is 15.2. The Morgan fingerprint density at radius 2 is 2.04 bits per heavy atom. The van der Waals surface area contributed by atoms with Gasteiger partial charge in [-0.15, -0.1) is 0 Å². The topological polar surface area (TPSA) is 90.5 Å². The number of fused-ring (bicyclic) bond motifs is 1. The van der Waals surface area contributed by atoms with Crippen LogP contribution >= 0.6 is 0 Å². The second-order valence-corrected chi connectivity index (χ2v) is 6.81. The fraction of sp³-hybridized carbons (Fsp3) is 0.368. The lowest BCUT2D eigenvalue weighted by atomic mass is 10.2. The first-order chi connectivity index (χ1) is 13.1. The Morgan fingerprint density at radius 3 is 2.89 bits per heavy atom. The molecule has 2 aliphatic heterocycles. The van der Waals surface area contributed by atoms with Gasteiger partial charge in [0.2, 0.25) is 5.91 Å². The Hall–Kier alpha value is -3.16. The summed E-state index contributed by atoms with van der Waals surface area (Å²) in [6.45, 7) is 5.18. The number of anilines is 3. The van der Waals surface area contributed by atoms with Crippen molar-refractivity contribution >= 4 is 29.0 Å². The van der Waals surface area contributed by atoms with E-state index < -0.39 is 0 Å². The fourth-order valence-electron chi connectivity index (χ4n) is 3.46. The summed E-state index contributed by atoms with van der Waals surface area (Å²) in [5.74, 6) is 0.408. The smallest absolute Gasteiger partial charge is 0.255 e. The summed E-state index contributed by atoms with van der Waals surface area (Å²) >= 11 is 0. The summed E-state index contributed by atoms with van der Waals surface area (Å²) in [7, 11) is 0. The molecule has 2 aromatic rings. The van der Waals surface area contributed by atoms with Crippen molar-refractivity contribution in [3.8, 4) is 0 Å². The van der Waals surface area contributed by atoms with Crippen LogP contribution in [0.4, 0.5) is 17.2 Å². The van der Waals surface area contributed by atoms with Crippen LogP contribution in [0.2, 0.25) is 0 Å². The van der Waals surface area contributed by atoms with E-state index in [1.165, 1.54) is 0 Å². The molecule has 0 radical (unpaired) electrons. The monoisotopic (exact) mass is 366 g/mol. The molecular formula is C19H22N6O2. The van der Waals surface area contributed by atoms with Crippen molar-refractivity contribution in [3.05, 3.63) is 41.9 Å². The molecule has 0 bridgehead atoms. The first-order valence-electron chi connectivity index (χ1n) is 9.11. The summed E-state index contributed by atoms with van der Waals surface area (Å²) in [6, 6.07) is 5.78. The number of rotatable bonds is 2. The van der Waals surface area contributed by atoms with Crippen LogP contribution in [-0.4, -0.2) is 59.4 Å². The Labute approximate surface area is 157 Å². The van der Waals surface area contributed by atoms with Crippen molar-refractivity contribution in [2.24, 2.45) is 0 Å². The molecule has 0 unspecified atom stereocenters. The second-order valence-electron chi connectivity index (χ2n) is 6.81. The van der Waals surface area contributed by atoms with E-state index in [0.717, 1.165) is 30.9 Å². The first-order valence-corrected chi connectivity index (χ1v) is 9.11. The van der Waals surface area contributed by atoms with Crippen molar-refractivity contribution in [1.82, 2.24) is 14.9 Å². The van der Waals surface area contributed by atoms with E-state index in [0.29, 0.717) is 30.2 Å². The molecule has 0 spiro atoms. The summed E-state index contributed by atoms with van der Waals surface area (Å²) < 4.78 is 0. The van der Waals surface area contributed by atoms with E-state index in [1.807, 2.05) is 24.1 Å². The van der Waals surface area contributed by atoms with Gasteiger partial charge in [0, 0.05) is 50.0 Å². The van der Waals surface area contributed by atoms with Gasteiger partial charge in [-0.25, -0.2) is 4.98 Å². The average Bonchev–Trinajstić information content (AvgIpc) is 2.93. The highest BCUT2D eigenvalue weighted by molar-refractivity contribution is 6.02. The molecular weight excluding hydrogens is 344 g/mol. The van der Waals surface area contributed by atoms with Crippen LogP contribution in [0.3, 0.4) is 0 Å². The molecule has 2 aromatic heterocycles. The molecule has 0 aliphatic carbocycles. The molecule has 140 valence electrons. The molecule has 27 heavy (non-hydrogen) atoms. The van der Waals surface area contributed by atoms with Gasteiger partial charge in [-0.3, -0.25) is 14.6 Å². The number of pyridine rings is 2. The van der Waals surface area contributed by atoms with Gasteiger partial charge in [-0.2, -0.15) is 0 Å². The molecule has 2 N–H and O–H groups in total. The van der Waals surface area contributed by atoms with Crippen LogP contribution < -0.4 is 15.5 Å². The van der Waals surface area contributed by atoms with Gasteiger partial charge in [-0.05, 0) is 31.5 Å². The summed E-state index contributed by atoms with van der Waals surface area (Å²) in [5.41, 5.74) is 3.17. The lowest BCUT2D eigenvalue weighted by molar-refractivity contribution is -0.114. The molecule has 0 atom stereocenters. The predicted octanol–water partition coefficient (Wildman–Crippen LogP) is 1.50. The lowest BCUT2D eigenvalue weighted by Gasteiger charge is -2.24. The molecule has 8 nitrogen and oxygen atoms in total. The summed E-state index contributed by atoms with van der Waals surface area (Å²) in [6.07, 6.45) is 4.28. The number of nitrogens with zero attached hydrogens (tertiary/aromatic N) is 4. The molecule has 1 fully saturated rings. The maximum absolute atomic E-state index is 12.9. The predicted molar refractivity (Wildman–Crippen MR) is 103 cm³/mol. The highest BCUT2D eigenvalue weighted by Gasteiger charge is 2.23. The van der Waals surface area contributed by atoms with E-state index >= 15 is 0 Å². The average molecular weight is 366 g/mol. The van der Waals surface area contributed by atoms with Crippen LogP contribution in [0, 0.1) is 6.92 Å². The highest BCUT2D eigenvalue weighted by atomic mass is 16.2. The number of carbonyl (C=O) groups excluding carboxylic acids is 2. The number of hydrogen-bond acceptors (Lipinski definition) is 6. The molecule has 4 heterocycles. The molecule has 8 heteroatoms. The first kappa shape index (κ1) is 17.3. The van der Waals surface area contributed by atoms with Crippen molar-refractivity contribution in [2.75, 3.05) is 48.3 Å². The van der Waals surface area contributed by atoms with Crippen LogP contribution in [0.25, 0.3) is 0 Å². The van der Waals surface area contributed by atoms with Crippen molar-refractivity contribution in [3.63, 3.8) is 0 Å². The molecule has 2 aliphatic rings. The third-order valence-electron chi connectivity index (χ3n) is 4.85.